The van der Waals surface area contributed by atoms with E-state index >= 15 is 0 Å². The minimum Gasteiger partial charge on any atom is -0.494 e. The molecular weight excluding hydrogens is 277 g/mol. The third-order valence-electron chi connectivity index (χ3n) is 3.92. The van der Waals surface area contributed by atoms with Crippen molar-refractivity contribution in [2.45, 2.75) is 18.6 Å². The van der Waals surface area contributed by atoms with Gasteiger partial charge in [0.25, 0.3) is 5.91 Å². The highest BCUT2D eigenvalue weighted by atomic mass is 19.1. The van der Waals surface area contributed by atoms with E-state index in [0.29, 0.717) is 31.9 Å². The van der Waals surface area contributed by atoms with Crippen LogP contribution in [0.2, 0.25) is 0 Å². The first kappa shape index (κ1) is 14.3. The predicted octanol–water partition coefficient (Wildman–Crippen LogP) is 1.81. The van der Waals surface area contributed by atoms with Crippen molar-refractivity contribution in [1.82, 2.24) is 4.90 Å². The summed E-state index contributed by atoms with van der Waals surface area (Å²) in [7, 11) is 1.39. The van der Waals surface area contributed by atoms with Crippen LogP contribution < -0.4 is 4.74 Å². The van der Waals surface area contributed by atoms with Gasteiger partial charge in [-0.15, -0.1) is 0 Å². The van der Waals surface area contributed by atoms with Crippen LogP contribution in [0.4, 0.5) is 4.39 Å². The Morgan fingerprint density at radius 3 is 2.81 bits per heavy atom. The molecule has 2 heterocycles. The molecule has 0 aromatic heterocycles. The Morgan fingerprint density at radius 2 is 2.14 bits per heavy atom. The number of methoxy groups -OCH3 is 1. The smallest absolute Gasteiger partial charge is 0.254 e. The van der Waals surface area contributed by atoms with Crippen LogP contribution in [-0.2, 0) is 9.47 Å². The zero-order valence-corrected chi connectivity index (χ0v) is 11.9. The second-order valence-corrected chi connectivity index (χ2v) is 5.29. The number of amides is 1. The Kier molecular flexibility index (Phi) is 3.82. The van der Waals surface area contributed by atoms with Crippen molar-refractivity contribution in [3.63, 3.8) is 0 Å². The molecule has 0 atom stereocenters. The van der Waals surface area contributed by atoms with Gasteiger partial charge in [-0.25, -0.2) is 4.39 Å². The SMILES string of the molecule is COc1ccc(C(=O)N2CCCC3(C2)OCCO3)cc1F. The average Bonchev–Trinajstić information content (AvgIpc) is 2.94. The number of halogens is 1. The van der Waals surface area contributed by atoms with Crippen LogP contribution >= 0.6 is 0 Å². The van der Waals surface area contributed by atoms with Crippen molar-refractivity contribution >= 4 is 5.91 Å². The molecule has 0 saturated carbocycles. The summed E-state index contributed by atoms with van der Waals surface area (Å²) in [5.41, 5.74) is 0.309. The Morgan fingerprint density at radius 1 is 1.38 bits per heavy atom. The fraction of sp³-hybridized carbons (Fsp3) is 0.533. The second-order valence-electron chi connectivity index (χ2n) is 5.29. The molecule has 2 aliphatic rings. The first-order chi connectivity index (χ1) is 10.1. The summed E-state index contributed by atoms with van der Waals surface area (Å²) in [6.45, 7) is 2.12. The van der Waals surface area contributed by atoms with Gasteiger partial charge in [-0.1, -0.05) is 0 Å². The monoisotopic (exact) mass is 295 g/mol. The topological polar surface area (TPSA) is 48.0 Å². The molecular formula is C15H18FNO4. The molecule has 0 unspecified atom stereocenters. The molecule has 1 aromatic carbocycles. The number of carbonyl (C=O) groups is 1. The minimum atomic E-state index is -0.668. The molecule has 0 aliphatic carbocycles. The highest BCUT2D eigenvalue weighted by Crippen LogP contribution is 2.31. The molecule has 5 nitrogen and oxygen atoms in total. The first-order valence-corrected chi connectivity index (χ1v) is 7.04. The summed E-state index contributed by atoms with van der Waals surface area (Å²) >= 11 is 0. The number of hydrogen-bond acceptors (Lipinski definition) is 4. The lowest BCUT2D eigenvalue weighted by Gasteiger charge is -2.38. The molecule has 2 saturated heterocycles. The molecule has 21 heavy (non-hydrogen) atoms. The summed E-state index contributed by atoms with van der Waals surface area (Å²) < 4.78 is 29.9. The van der Waals surface area contributed by atoms with E-state index in [4.69, 9.17) is 14.2 Å². The zero-order valence-electron chi connectivity index (χ0n) is 11.9. The maximum atomic E-state index is 13.7. The van der Waals surface area contributed by atoms with E-state index < -0.39 is 11.6 Å². The molecule has 2 aliphatic heterocycles. The Balaban J connectivity index is 1.76. The van der Waals surface area contributed by atoms with Gasteiger partial charge in [0.15, 0.2) is 17.4 Å². The molecule has 114 valence electrons. The third kappa shape index (κ3) is 2.73. The molecule has 0 radical (unpaired) electrons. The van der Waals surface area contributed by atoms with Crippen molar-refractivity contribution in [1.29, 1.82) is 0 Å². The summed E-state index contributed by atoms with van der Waals surface area (Å²) in [6.07, 6.45) is 1.60. The van der Waals surface area contributed by atoms with Gasteiger partial charge in [-0.05, 0) is 24.6 Å². The number of hydrogen-bond donors (Lipinski definition) is 0. The molecule has 3 rings (SSSR count). The van der Waals surface area contributed by atoms with Crippen molar-refractivity contribution in [3.8, 4) is 5.75 Å². The lowest BCUT2D eigenvalue weighted by Crippen LogP contribution is -2.51. The van der Waals surface area contributed by atoms with Gasteiger partial charge >= 0.3 is 0 Å². The normalized spacial score (nSPS) is 20.8. The summed E-state index contributed by atoms with van der Waals surface area (Å²) in [4.78, 5) is 14.2. The lowest BCUT2D eigenvalue weighted by molar-refractivity contribution is -0.183. The van der Waals surface area contributed by atoms with Crippen molar-refractivity contribution < 1.29 is 23.4 Å². The number of piperidine rings is 1. The fourth-order valence-corrected chi connectivity index (χ4v) is 2.88. The highest BCUT2D eigenvalue weighted by Gasteiger charge is 2.42. The second kappa shape index (κ2) is 5.61. The van der Waals surface area contributed by atoms with Crippen molar-refractivity contribution in [2.75, 3.05) is 33.4 Å². The van der Waals surface area contributed by atoms with Gasteiger partial charge in [0.2, 0.25) is 0 Å². The van der Waals surface area contributed by atoms with E-state index in [1.54, 1.807) is 11.0 Å². The molecule has 0 N–H and O–H groups in total. The quantitative estimate of drug-likeness (QED) is 0.835. The van der Waals surface area contributed by atoms with Crippen LogP contribution in [0.1, 0.15) is 23.2 Å². The maximum absolute atomic E-state index is 13.7. The van der Waals surface area contributed by atoms with Gasteiger partial charge in [-0.2, -0.15) is 0 Å². The van der Waals surface area contributed by atoms with Crippen LogP contribution in [0.3, 0.4) is 0 Å². The first-order valence-electron chi connectivity index (χ1n) is 7.04. The number of likely N-dealkylation sites (tertiary alicyclic amines) is 1. The molecule has 1 aromatic rings. The number of rotatable bonds is 2. The van der Waals surface area contributed by atoms with Crippen LogP contribution in [0.25, 0.3) is 0 Å². The van der Waals surface area contributed by atoms with E-state index in [2.05, 4.69) is 0 Å². The van der Waals surface area contributed by atoms with E-state index in [0.717, 1.165) is 12.8 Å². The number of nitrogens with zero attached hydrogens (tertiary/aromatic N) is 1. The number of ether oxygens (including phenoxy) is 3. The number of carbonyl (C=O) groups excluding carboxylic acids is 1. The summed E-state index contributed by atoms with van der Waals surface area (Å²) in [6, 6.07) is 4.24. The Bertz CT molecular complexity index is 542. The largest absolute Gasteiger partial charge is 0.494 e. The van der Waals surface area contributed by atoms with E-state index in [1.807, 2.05) is 0 Å². The standard InChI is InChI=1S/C15H18FNO4/c1-19-13-4-3-11(9-12(13)16)14(18)17-6-2-5-15(10-17)20-7-8-21-15/h3-4,9H,2,5-8,10H2,1H3. The van der Waals surface area contributed by atoms with Gasteiger partial charge < -0.3 is 19.1 Å². The fourth-order valence-electron chi connectivity index (χ4n) is 2.88. The van der Waals surface area contributed by atoms with Gasteiger partial charge in [0.1, 0.15) is 0 Å². The lowest BCUT2D eigenvalue weighted by atomic mass is 10.0. The summed E-state index contributed by atoms with van der Waals surface area (Å²) in [5.74, 6) is -1.29. The van der Waals surface area contributed by atoms with E-state index in [1.165, 1.54) is 19.2 Å². The minimum absolute atomic E-state index is 0.129. The average molecular weight is 295 g/mol. The zero-order chi connectivity index (χ0) is 14.9. The predicted molar refractivity (Wildman–Crippen MR) is 72.7 cm³/mol. The van der Waals surface area contributed by atoms with Crippen LogP contribution in [-0.4, -0.2) is 50.0 Å². The maximum Gasteiger partial charge on any atom is 0.254 e. The van der Waals surface area contributed by atoms with Gasteiger partial charge in [0.05, 0.1) is 26.9 Å². The van der Waals surface area contributed by atoms with Gasteiger partial charge in [0, 0.05) is 18.5 Å². The van der Waals surface area contributed by atoms with Crippen LogP contribution in [0.15, 0.2) is 18.2 Å². The van der Waals surface area contributed by atoms with Crippen LogP contribution in [0, 0.1) is 5.82 Å². The Labute approximate surface area is 122 Å². The van der Waals surface area contributed by atoms with Gasteiger partial charge in [-0.3, -0.25) is 4.79 Å². The van der Waals surface area contributed by atoms with Crippen molar-refractivity contribution in [2.24, 2.45) is 0 Å². The molecule has 6 heteroatoms. The Hall–Kier alpha value is -1.66. The molecule has 1 amide bonds. The third-order valence-corrected chi connectivity index (χ3v) is 3.92. The van der Waals surface area contributed by atoms with E-state index in [-0.39, 0.29) is 11.7 Å². The molecule has 2 fully saturated rings. The van der Waals surface area contributed by atoms with Crippen molar-refractivity contribution in [3.05, 3.63) is 29.6 Å². The van der Waals surface area contributed by atoms with Crippen LogP contribution in [0.5, 0.6) is 5.75 Å². The van der Waals surface area contributed by atoms with E-state index in [9.17, 15) is 9.18 Å². The summed E-state index contributed by atoms with van der Waals surface area (Å²) in [5, 5.41) is 0. The molecule has 1 spiro atoms. The number of benzene rings is 1. The molecule has 0 bridgehead atoms. The highest BCUT2D eigenvalue weighted by molar-refractivity contribution is 5.94.